The second kappa shape index (κ2) is 10.4. The molecular weight excluding hydrogens is 412 g/mol. The first kappa shape index (κ1) is 21.3. The molecule has 7 heteroatoms. The van der Waals surface area contributed by atoms with Gasteiger partial charge in [0.25, 0.3) is 5.91 Å². The molecule has 1 aromatic carbocycles. The van der Waals surface area contributed by atoms with Gasteiger partial charge in [-0.25, -0.2) is 4.98 Å². The predicted octanol–water partition coefficient (Wildman–Crippen LogP) is 4.10. The van der Waals surface area contributed by atoms with Crippen molar-refractivity contribution in [2.24, 2.45) is 0 Å². The lowest BCUT2D eigenvalue weighted by Crippen LogP contribution is -2.37. The number of hydrogen-bond acceptors (Lipinski definition) is 5. The Morgan fingerprint density at radius 2 is 1.87 bits per heavy atom. The largest absolute Gasteiger partial charge is 0.474 e. The van der Waals surface area contributed by atoms with Gasteiger partial charge >= 0.3 is 0 Å². The van der Waals surface area contributed by atoms with Crippen LogP contribution in [0.4, 0.5) is 0 Å². The standard InChI is InChI=1S/C24H25ClN4O2/c25-22-4-2-1-3-20(22)17-29-13-9-21(10-14-29)31-23-6-5-18(15-27-23)16-28-24(30)19-7-11-26-12-8-19/h1-8,11-12,15,21H,9-10,13-14,16-17H2,(H,28,30). The van der Waals surface area contributed by atoms with Crippen LogP contribution in [0.15, 0.2) is 67.1 Å². The van der Waals surface area contributed by atoms with Crippen molar-refractivity contribution in [1.29, 1.82) is 0 Å². The fraction of sp³-hybridized carbons (Fsp3) is 0.292. The molecule has 0 unspecified atom stereocenters. The number of rotatable bonds is 7. The number of benzene rings is 1. The summed E-state index contributed by atoms with van der Waals surface area (Å²) < 4.78 is 6.07. The van der Waals surface area contributed by atoms with Crippen molar-refractivity contribution in [1.82, 2.24) is 20.2 Å². The number of hydrogen-bond donors (Lipinski definition) is 1. The molecule has 160 valence electrons. The van der Waals surface area contributed by atoms with Crippen LogP contribution in [-0.4, -0.2) is 40.0 Å². The summed E-state index contributed by atoms with van der Waals surface area (Å²) in [5.74, 6) is 0.486. The van der Waals surface area contributed by atoms with Crippen molar-refractivity contribution in [2.45, 2.75) is 32.0 Å². The Morgan fingerprint density at radius 1 is 1.10 bits per heavy atom. The smallest absolute Gasteiger partial charge is 0.251 e. The minimum Gasteiger partial charge on any atom is -0.474 e. The number of halogens is 1. The van der Waals surface area contributed by atoms with Crippen LogP contribution in [-0.2, 0) is 13.1 Å². The molecule has 3 heterocycles. The first-order chi connectivity index (χ1) is 15.2. The molecule has 3 aromatic rings. The van der Waals surface area contributed by atoms with Crippen LogP contribution in [0.3, 0.4) is 0 Å². The van der Waals surface area contributed by atoms with Gasteiger partial charge in [-0.2, -0.15) is 0 Å². The van der Waals surface area contributed by atoms with Crippen LogP contribution >= 0.6 is 11.6 Å². The molecule has 1 amide bonds. The molecule has 1 fully saturated rings. The SMILES string of the molecule is O=C(NCc1ccc(OC2CCN(Cc3ccccc3Cl)CC2)nc1)c1ccncc1. The van der Waals surface area contributed by atoms with E-state index in [0.717, 1.165) is 48.6 Å². The lowest BCUT2D eigenvalue weighted by molar-refractivity contribution is 0.0932. The number of likely N-dealkylation sites (tertiary alicyclic amines) is 1. The zero-order valence-corrected chi connectivity index (χ0v) is 18.0. The summed E-state index contributed by atoms with van der Waals surface area (Å²) in [5, 5.41) is 3.70. The maximum Gasteiger partial charge on any atom is 0.251 e. The van der Waals surface area contributed by atoms with Crippen molar-refractivity contribution >= 4 is 17.5 Å². The highest BCUT2D eigenvalue weighted by Crippen LogP contribution is 2.22. The molecule has 1 saturated heterocycles. The van der Waals surface area contributed by atoms with Crippen LogP contribution < -0.4 is 10.1 Å². The van der Waals surface area contributed by atoms with Crippen LogP contribution in [0.1, 0.15) is 34.3 Å². The number of piperidine rings is 1. The molecule has 0 aliphatic carbocycles. The van der Waals surface area contributed by atoms with E-state index in [0.29, 0.717) is 18.0 Å². The average Bonchev–Trinajstić information content (AvgIpc) is 2.82. The van der Waals surface area contributed by atoms with Crippen LogP contribution in [0.5, 0.6) is 5.88 Å². The maximum absolute atomic E-state index is 12.1. The zero-order valence-electron chi connectivity index (χ0n) is 17.2. The Balaban J connectivity index is 1.22. The van der Waals surface area contributed by atoms with E-state index >= 15 is 0 Å². The molecule has 1 N–H and O–H groups in total. The maximum atomic E-state index is 12.1. The fourth-order valence-corrected chi connectivity index (χ4v) is 3.79. The molecule has 1 aliphatic rings. The highest BCUT2D eigenvalue weighted by molar-refractivity contribution is 6.31. The summed E-state index contributed by atoms with van der Waals surface area (Å²) in [6, 6.07) is 15.2. The number of aromatic nitrogens is 2. The molecule has 31 heavy (non-hydrogen) atoms. The van der Waals surface area contributed by atoms with E-state index in [2.05, 4.69) is 26.3 Å². The molecule has 0 saturated carbocycles. The van der Waals surface area contributed by atoms with E-state index in [1.54, 1.807) is 30.7 Å². The third-order valence-corrected chi connectivity index (χ3v) is 5.74. The number of ether oxygens (including phenoxy) is 1. The first-order valence-electron chi connectivity index (χ1n) is 10.4. The Labute approximate surface area is 187 Å². The van der Waals surface area contributed by atoms with E-state index in [4.69, 9.17) is 16.3 Å². The van der Waals surface area contributed by atoms with Gasteiger partial charge in [0.05, 0.1) is 0 Å². The number of carbonyl (C=O) groups is 1. The summed E-state index contributed by atoms with van der Waals surface area (Å²) in [4.78, 5) is 22.8. The minimum atomic E-state index is -0.133. The quantitative estimate of drug-likeness (QED) is 0.603. The normalized spacial score (nSPS) is 14.9. The monoisotopic (exact) mass is 436 g/mol. The second-order valence-electron chi connectivity index (χ2n) is 7.61. The first-order valence-corrected chi connectivity index (χ1v) is 10.8. The van der Waals surface area contributed by atoms with E-state index in [1.807, 2.05) is 30.3 Å². The van der Waals surface area contributed by atoms with E-state index in [1.165, 1.54) is 0 Å². The summed E-state index contributed by atoms with van der Waals surface area (Å²) in [6.07, 6.45) is 7.01. The molecule has 0 bridgehead atoms. The van der Waals surface area contributed by atoms with Gasteiger partial charge < -0.3 is 10.1 Å². The van der Waals surface area contributed by atoms with Gasteiger partial charge in [-0.3, -0.25) is 14.7 Å². The van der Waals surface area contributed by atoms with Gasteiger partial charge in [0.15, 0.2) is 0 Å². The van der Waals surface area contributed by atoms with Crippen LogP contribution in [0.25, 0.3) is 0 Å². The lowest BCUT2D eigenvalue weighted by atomic mass is 10.1. The predicted molar refractivity (Wildman–Crippen MR) is 120 cm³/mol. The summed E-state index contributed by atoms with van der Waals surface area (Å²) in [5.41, 5.74) is 2.67. The molecule has 4 rings (SSSR count). The minimum absolute atomic E-state index is 0.133. The van der Waals surface area contributed by atoms with Crippen LogP contribution in [0.2, 0.25) is 5.02 Å². The van der Waals surface area contributed by atoms with Crippen molar-refractivity contribution in [3.05, 3.63) is 88.8 Å². The highest BCUT2D eigenvalue weighted by atomic mass is 35.5. The average molecular weight is 437 g/mol. The lowest BCUT2D eigenvalue weighted by Gasteiger charge is -2.32. The Bertz CT molecular complexity index is 990. The van der Waals surface area contributed by atoms with E-state index < -0.39 is 0 Å². The summed E-state index contributed by atoms with van der Waals surface area (Å²) in [6.45, 7) is 3.21. The molecule has 0 spiro atoms. The van der Waals surface area contributed by atoms with Gasteiger partial charge in [-0.05, 0) is 42.2 Å². The van der Waals surface area contributed by atoms with Gasteiger partial charge in [0.2, 0.25) is 5.88 Å². The number of pyridine rings is 2. The fourth-order valence-electron chi connectivity index (χ4n) is 3.60. The molecule has 0 radical (unpaired) electrons. The highest BCUT2D eigenvalue weighted by Gasteiger charge is 2.21. The van der Waals surface area contributed by atoms with Crippen molar-refractivity contribution in [3.63, 3.8) is 0 Å². The Morgan fingerprint density at radius 3 is 2.58 bits per heavy atom. The van der Waals surface area contributed by atoms with Gasteiger partial charge in [0.1, 0.15) is 6.10 Å². The summed E-state index contributed by atoms with van der Waals surface area (Å²) in [7, 11) is 0. The Kier molecular flexibility index (Phi) is 7.12. The Hall–Kier alpha value is -2.96. The molecule has 0 atom stereocenters. The second-order valence-corrected chi connectivity index (χ2v) is 8.02. The molecule has 1 aliphatic heterocycles. The van der Waals surface area contributed by atoms with Crippen molar-refractivity contribution in [2.75, 3.05) is 13.1 Å². The van der Waals surface area contributed by atoms with Crippen molar-refractivity contribution in [3.8, 4) is 5.88 Å². The third kappa shape index (κ3) is 6.03. The van der Waals surface area contributed by atoms with Crippen LogP contribution in [0, 0.1) is 0 Å². The third-order valence-electron chi connectivity index (χ3n) is 5.37. The van der Waals surface area contributed by atoms with E-state index in [-0.39, 0.29) is 12.0 Å². The van der Waals surface area contributed by atoms with Crippen molar-refractivity contribution < 1.29 is 9.53 Å². The van der Waals surface area contributed by atoms with E-state index in [9.17, 15) is 4.79 Å². The zero-order chi connectivity index (χ0) is 21.5. The van der Waals surface area contributed by atoms with Gasteiger partial charge in [-0.1, -0.05) is 35.9 Å². The van der Waals surface area contributed by atoms with Gasteiger partial charge in [0, 0.05) is 61.4 Å². The number of nitrogens with one attached hydrogen (secondary N) is 1. The summed E-state index contributed by atoms with van der Waals surface area (Å²) >= 11 is 6.28. The molecule has 2 aromatic heterocycles. The topological polar surface area (TPSA) is 67.3 Å². The number of amides is 1. The molecule has 6 nitrogen and oxygen atoms in total. The molecular formula is C24H25ClN4O2. The van der Waals surface area contributed by atoms with Gasteiger partial charge in [-0.15, -0.1) is 0 Å². The number of carbonyl (C=O) groups excluding carboxylic acids is 1. The number of nitrogens with zero attached hydrogens (tertiary/aromatic N) is 3.